The molecule has 0 spiro atoms. The number of ether oxygens (including phenoxy) is 1. The Morgan fingerprint density at radius 2 is 1.55 bits per heavy atom. The van der Waals surface area contributed by atoms with Gasteiger partial charge in [0.1, 0.15) is 0 Å². The number of methoxy groups -OCH3 is 1. The van der Waals surface area contributed by atoms with Crippen LogP contribution in [-0.4, -0.2) is 24.3 Å². The molecule has 3 nitrogen and oxygen atoms in total. The summed E-state index contributed by atoms with van der Waals surface area (Å²) in [5.41, 5.74) is 0. The van der Waals surface area contributed by atoms with Gasteiger partial charge < -0.3 is 9.84 Å². The second-order valence-electron chi connectivity index (χ2n) is 5.35. The predicted octanol–water partition coefficient (Wildman–Crippen LogP) is 4.39. The fourth-order valence-electron chi connectivity index (χ4n) is 2.13. The summed E-state index contributed by atoms with van der Waals surface area (Å²) in [6.07, 6.45) is 16.1. The molecule has 118 valence electrons. The van der Waals surface area contributed by atoms with E-state index in [1.807, 2.05) is 0 Å². The van der Waals surface area contributed by atoms with Crippen molar-refractivity contribution in [1.29, 1.82) is 0 Å². The summed E-state index contributed by atoms with van der Waals surface area (Å²) in [6, 6.07) is 0. The number of hydrogen-bond acceptors (Lipinski definition) is 3. The summed E-state index contributed by atoms with van der Waals surface area (Å²) < 4.78 is 4.47. The Morgan fingerprint density at radius 3 is 2.10 bits per heavy atom. The average Bonchev–Trinajstić information content (AvgIpc) is 2.47. The molecule has 0 aromatic rings. The highest BCUT2D eigenvalue weighted by molar-refractivity contribution is 5.74. The number of aliphatic hydroxyl groups excluding tert-OH is 1. The molecule has 0 aromatic heterocycles. The molecule has 1 atom stereocenters. The van der Waals surface area contributed by atoms with Crippen LogP contribution in [0.3, 0.4) is 0 Å². The van der Waals surface area contributed by atoms with Crippen LogP contribution in [0.25, 0.3) is 0 Å². The smallest absolute Gasteiger partial charge is 0.334 e. The first-order valence-corrected chi connectivity index (χ1v) is 8.13. The van der Waals surface area contributed by atoms with Crippen LogP contribution in [0.4, 0.5) is 0 Å². The second-order valence-corrected chi connectivity index (χ2v) is 5.35. The second kappa shape index (κ2) is 14.6. The average molecular weight is 284 g/mol. The summed E-state index contributed by atoms with van der Waals surface area (Å²) >= 11 is 0. The van der Waals surface area contributed by atoms with Crippen molar-refractivity contribution in [3.8, 4) is 0 Å². The highest BCUT2D eigenvalue weighted by Gasteiger charge is 2.13. The molecule has 20 heavy (non-hydrogen) atoms. The third-order valence-corrected chi connectivity index (χ3v) is 3.46. The van der Waals surface area contributed by atoms with Crippen molar-refractivity contribution in [3.05, 3.63) is 12.2 Å². The summed E-state index contributed by atoms with van der Waals surface area (Å²) in [4.78, 5) is 11.0. The van der Waals surface area contributed by atoms with E-state index in [0.717, 1.165) is 25.7 Å². The number of esters is 1. The van der Waals surface area contributed by atoms with Gasteiger partial charge in [0.25, 0.3) is 0 Å². The Kier molecular flexibility index (Phi) is 14.0. The molecule has 0 bridgehead atoms. The van der Waals surface area contributed by atoms with Crippen LogP contribution in [0.1, 0.15) is 77.6 Å². The number of carbonyl (C=O) groups is 1. The van der Waals surface area contributed by atoms with Crippen molar-refractivity contribution in [2.24, 2.45) is 0 Å². The van der Waals surface area contributed by atoms with Crippen molar-refractivity contribution in [2.45, 2.75) is 83.7 Å². The lowest BCUT2D eigenvalue weighted by Gasteiger charge is -2.07. The molecule has 0 radical (unpaired) electrons. The van der Waals surface area contributed by atoms with Crippen LogP contribution in [0.5, 0.6) is 0 Å². The van der Waals surface area contributed by atoms with Gasteiger partial charge in [0.2, 0.25) is 0 Å². The number of allylic oxidation sites excluding steroid dienone is 2. The minimum atomic E-state index is -0.942. The number of hydrogen-bond donors (Lipinski definition) is 1. The number of rotatable bonds is 13. The highest BCUT2D eigenvalue weighted by Crippen LogP contribution is 2.09. The lowest BCUT2D eigenvalue weighted by molar-refractivity contribution is -0.150. The van der Waals surface area contributed by atoms with E-state index in [9.17, 15) is 9.90 Å². The minimum Gasteiger partial charge on any atom is -0.467 e. The minimum absolute atomic E-state index is 0.514. The van der Waals surface area contributed by atoms with Crippen LogP contribution in [0.15, 0.2) is 12.2 Å². The molecular formula is C17H32O3. The molecule has 0 aromatic carbocycles. The Morgan fingerprint density at radius 1 is 1.00 bits per heavy atom. The summed E-state index contributed by atoms with van der Waals surface area (Å²) in [5, 5.41) is 9.39. The first kappa shape index (κ1) is 19.2. The zero-order valence-electron chi connectivity index (χ0n) is 13.3. The van der Waals surface area contributed by atoms with Gasteiger partial charge in [0, 0.05) is 0 Å². The molecule has 0 fully saturated rings. The zero-order valence-corrected chi connectivity index (χ0v) is 13.3. The van der Waals surface area contributed by atoms with E-state index in [2.05, 4.69) is 23.8 Å². The molecule has 0 amide bonds. The lowest BCUT2D eigenvalue weighted by Crippen LogP contribution is -2.21. The molecule has 1 unspecified atom stereocenters. The van der Waals surface area contributed by atoms with Crippen molar-refractivity contribution in [2.75, 3.05) is 7.11 Å². The maximum atomic E-state index is 11.0. The molecule has 0 saturated carbocycles. The fourth-order valence-corrected chi connectivity index (χ4v) is 2.13. The first-order valence-electron chi connectivity index (χ1n) is 8.13. The summed E-state index contributed by atoms with van der Waals surface area (Å²) in [7, 11) is 1.31. The van der Waals surface area contributed by atoms with Gasteiger partial charge in [-0.15, -0.1) is 0 Å². The fraction of sp³-hybridized carbons (Fsp3) is 0.824. The van der Waals surface area contributed by atoms with Crippen molar-refractivity contribution in [1.82, 2.24) is 0 Å². The van der Waals surface area contributed by atoms with Gasteiger partial charge >= 0.3 is 5.97 Å². The molecular weight excluding hydrogens is 252 g/mol. The molecule has 0 saturated heterocycles. The third-order valence-electron chi connectivity index (χ3n) is 3.46. The third kappa shape index (κ3) is 12.2. The van der Waals surface area contributed by atoms with E-state index in [0.29, 0.717) is 6.42 Å². The van der Waals surface area contributed by atoms with Crippen LogP contribution in [0, 0.1) is 0 Å². The maximum Gasteiger partial charge on any atom is 0.334 e. The van der Waals surface area contributed by atoms with Gasteiger partial charge in [-0.2, -0.15) is 0 Å². The standard InChI is InChI=1S/C17H32O3/c1-3-4-5-6-7-8-9-10-11-12-13-14-15-16(18)17(19)20-2/h8-9,16,18H,3-7,10-15H2,1-2H3. The van der Waals surface area contributed by atoms with E-state index >= 15 is 0 Å². The zero-order chi connectivity index (χ0) is 15.1. The van der Waals surface area contributed by atoms with Gasteiger partial charge in [0.15, 0.2) is 6.10 Å². The van der Waals surface area contributed by atoms with Gasteiger partial charge in [-0.3, -0.25) is 0 Å². The topological polar surface area (TPSA) is 46.5 Å². The molecule has 0 aliphatic heterocycles. The van der Waals surface area contributed by atoms with E-state index in [1.54, 1.807) is 0 Å². The van der Waals surface area contributed by atoms with Gasteiger partial charge in [-0.1, -0.05) is 57.6 Å². The predicted molar refractivity (Wildman–Crippen MR) is 83.6 cm³/mol. The Hall–Kier alpha value is -0.830. The molecule has 3 heteroatoms. The normalized spacial score (nSPS) is 12.8. The molecule has 0 heterocycles. The number of carbonyl (C=O) groups excluding carboxylic acids is 1. The van der Waals surface area contributed by atoms with Crippen LogP contribution >= 0.6 is 0 Å². The Balaban J connectivity index is 3.24. The van der Waals surface area contributed by atoms with Crippen LogP contribution in [-0.2, 0) is 9.53 Å². The van der Waals surface area contributed by atoms with Crippen molar-refractivity contribution >= 4 is 5.97 Å². The van der Waals surface area contributed by atoms with Crippen LogP contribution in [0.2, 0.25) is 0 Å². The summed E-state index contributed by atoms with van der Waals surface area (Å²) in [5.74, 6) is -0.518. The molecule has 1 N–H and O–H groups in total. The molecule has 0 aliphatic carbocycles. The maximum absolute atomic E-state index is 11.0. The summed E-state index contributed by atoms with van der Waals surface area (Å²) in [6.45, 7) is 2.24. The van der Waals surface area contributed by atoms with E-state index in [4.69, 9.17) is 0 Å². The number of aliphatic hydroxyl groups is 1. The molecule has 0 aliphatic rings. The van der Waals surface area contributed by atoms with Crippen LogP contribution < -0.4 is 0 Å². The molecule has 0 rings (SSSR count). The van der Waals surface area contributed by atoms with E-state index in [-0.39, 0.29) is 0 Å². The van der Waals surface area contributed by atoms with Crippen molar-refractivity contribution in [3.63, 3.8) is 0 Å². The van der Waals surface area contributed by atoms with E-state index < -0.39 is 12.1 Å². The van der Waals surface area contributed by atoms with Gasteiger partial charge in [-0.05, 0) is 32.1 Å². The lowest BCUT2D eigenvalue weighted by atomic mass is 10.1. The van der Waals surface area contributed by atoms with Gasteiger partial charge in [-0.25, -0.2) is 4.79 Å². The quantitative estimate of drug-likeness (QED) is 0.310. The monoisotopic (exact) mass is 284 g/mol. The van der Waals surface area contributed by atoms with Gasteiger partial charge in [0.05, 0.1) is 7.11 Å². The largest absolute Gasteiger partial charge is 0.467 e. The van der Waals surface area contributed by atoms with E-state index in [1.165, 1.54) is 45.6 Å². The van der Waals surface area contributed by atoms with Crippen molar-refractivity contribution < 1.29 is 14.6 Å². The number of unbranched alkanes of at least 4 members (excludes halogenated alkanes) is 8. The first-order chi connectivity index (χ1) is 9.72. The Labute approximate surface area is 124 Å². The highest BCUT2D eigenvalue weighted by atomic mass is 16.5. The Bertz CT molecular complexity index is 249. The SMILES string of the molecule is CCCCCCC=CCCCCCCC(O)C(=O)OC.